The summed E-state index contributed by atoms with van der Waals surface area (Å²) < 4.78 is 5.07. The molecule has 1 aromatic rings. The van der Waals surface area contributed by atoms with Gasteiger partial charge in [0.2, 0.25) is 6.41 Å². The van der Waals surface area contributed by atoms with Crippen molar-refractivity contribution < 1.29 is 9.53 Å². The minimum absolute atomic E-state index is 0.701. The van der Waals surface area contributed by atoms with Gasteiger partial charge in [-0.25, -0.2) is 0 Å². The van der Waals surface area contributed by atoms with Crippen LogP contribution in [0.5, 0.6) is 5.75 Å². The van der Waals surface area contributed by atoms with Crippen molar-refractivity contribution in [3.8, 4) is 5.75 Å². The lowest BCUT2D eigenvalue weighted by molar-refractivity contribution is -0.107. The lowest BCUT2D eigenvalue weighted by atomic mass is 10.3. The van der Waals surface area contributed by atoms with Crippen molar-refractivity contribution in [2.45, 2.75) is 0 Å². The molecule has 0 N–H and O–H groups in total. The number of hydrogen-bond acceptors (Lipinski definition) is 2. The predicted octanol–water partition coefficient (Wildman–Crippen LogP) is 1.29. The first kappa shape index (κ1) is 8.59. The van der Waals surface area contributed by atoms with Gasteiger partial charge in [0.05, 0.1) is 12.8 Å². The molecule has 0 spiro atoms. The zero-order chi connectivity index (χ0) is 8.97. The van der Waals surface area contributed by atoms with Crippen LogP contribution in [0.3, 0.4) is 0 Å². The molecule has 12 heavy (non-hydrogen) atoms. The summed E-state index contributed by atoms with van der Waals surface area (Å²) in [6, 6.07) is 7.36. The second-order valence-electron chi connectivity index (χ2n) is 2.39. The van der Waals surface area contributed by atoms with Crippen molar-refractivity contribution in [1.82, 2.24) is 0 Å². The van der Waals surface area contributed by atoms with Crippen LogP contribution in [0.25, 0.3) is 0 Å². The predicted molar refractivity (Wildman–Crippen MR) is 47.5 cm³/mol. The number of carbonyl (C=O) groups excluding carboxylic acids is 1. The van der Waals surface area contributed by atoms with Crippen LogP contribution in [0.15, 0.2) is 24.3 Å². The van der Waals surface area contributed by atoms with E-state index in [0.717, 1.165) is 12.1 Å². The smallest absolute Gasteiger partial charge is 0.213 e. The van der Waals surface area contributed by atoms with Gasteiger partial charge in [0, 0.05) is 7.05 Å². The lowest BCUT2D eigenvalue weighted by Gasteiger charge is -2.13. The van der Waals surface area contributed by atoms with Gasteiger partial charge in [-0.3, -0.25) is 4.79 Å². The van der Waals surface area contributed by atoms with Crippen LogP contribution < -0.4 is 9.64 Å². The molecule has 0 fully saturated rings. The van der Waals surface area contributed by atoms with Crippen LogP contribution in [-0.4, -0.2) is 20.6 Å². The number of nitrogens with zero attached hydrogens (tertiary/aromatic N) is 1. The van der Waals surface area contributed by atoms with E-state index >= 15 is 0 Å². The summed E-state index contributed by atoms with van der Waals surface area (Å²) in [6.45, 7) is 0. The molecule has 3 heteroatoms. The van der Waals surface area contributed by atoms with E-state index in [0.29, 0.717) is 5.75 Å². The van der Waals surface area contributed by atoms with Crippen LogP contribution in [0.4, 0.5) is 5.69 Å². The van der Waals surface area contributed by atoms with Gasteiger partial charge in [-0.05, 0) is 12.1 Å². The van der Waals surface area contributed by atoms with Crippen molar-refractivity contribution in [2.75, 3.05) is 19.1 Å². The Morgan fingerprint density at radius 2 is 2.08 bits per heavy atom. The van der Waals surface area contributed by atoms with Gasteiger partial charge in [0.25, 0.3) is 0 Å². The third kappa shape index (κ3) is 1.56. The fourth-order valence-electron chi connectivity index (χ4n) is 0.978. The molecule has 64 valence electrons. The SMILES string of the molecule is COc1ccccc1N(C)C=O. The maximum absolute atomic E-state index is 10.4. The van der Waals surface area contributed by atoms with Crippen molar-refractivity contribution in [3.63, 3.8) is 0 Å². The molecule has 1 rings (SSSR count). The molecule has 0 heterocycles. The normalized spacial score (nSPS) is 9.17. The summed E-state index contributed by atoms with van der Waals surface area (Å²) in [5, 5.41) is 0. The topological polar surface area (TPSA) is 29.5 Å². The Hall–Kier alpha value is -1.51. The van der Waals surface area contributed by atoms with Gasteiger partial charge in [-0.2, -0.15) is 0 Å². The highest BCUT2D eigenvalue weighted by Gasteiger charge is 2.04. The Morgan fingerprint density at radius 3 is 2.67 bits per heavy atom. The first-order chi connectivity index (χ1) is 5.79. The number of hydrogen-bond donors (Lipinski definition) is 0. The van der Waals surface area contributed by atoms with E-state index in [1.807, 2.05) is 24.3 Å². The Kier molecular flexibility index (Phi) is 2.69. The molecular formula is C9H11NO2. The first-order valence-corrected chi connectivity index (χ1v) is 3.60. The molecule has 3 nitrogen and oxygen atoms in total. The lowest BCUT2D eigenvalue weighted by Crippen LogP contribution is -2.14. The van der Waals surface area contributed by atoms with Crippen LogP contribution in [-0.2, 0) is 4.79 Å². The molecule has 1 aromatic carbocycles. The molecule has 0 aliphatic carbocycles. The molecule has 0 saturated heterocycles. The van der Waals surface area contributed by atoms with E-state index in [1.54, 1.807) is 14.2 Å². The summed E-state index contributed by atoms with van der Waals surface area (Å²) >= 11 is 0. The van der Waals surface area contributed by atoms with Crippen molar-refractivity contribution in [2.24, 2.45) is 0 Å². The summed E-state index contributed by atoms with van der Waals surface area (Å²) in [7, 11) is 3.27. The molecule has 0 aliphatic rings. The van der Waals surface area contributed by atoms with Crippen molar-refractivity contribution in [1.29, 1.82) is 0 Å². The molecule has 0 unspecified atom stereocenters. The van der Waals surface area contributed by atoms with Crippen molar-refractivity contribution in [3.05, 3.63) is 24.3 Å². The number of amides is 1. The van der Waals surface area contributed by atoms with Crippen LogP contribution in [0.2, 0.25) is 0 Å². The van der Waals surface area contributed by atoms with E-state index in [9.17, 15) is 4.79 Å². The van der Waals surface area contributed by atoms with Crippen LogP contribution >= 0.6 is 0 Å². The Balaban J connectivity index is 3.04. The van der Waals surface area contributed by atoms with Gasteiger partial charge in [-0.1, -0.05) is 12.1 Å². The molecule has 0 saturated carbocycles. The second kappa shape index (κ2) is 3.76. The Labute approximate surface area is 71.6 Å². The van der Waals surface area contributed by atoms with Gasteiger partial charge in [-0.15, -0.1) is 0 Å². The average Bonchev–Trinajstić information content (AvgIpc) is 2.16. The highest BCUT2D eigenvalue weighted by Crippen LogP contribution is 2.25. The third-order valence-corrected chi connectivity index (χ3v) is 1.62. The monoisotopic (exact) mass is 165 g/mol. The molecular weight excluding hydrogens is 154 g/mol. The molecule has 1 amide bonds. The zero-order valence-corrected chi connectivity index (χ0v) is 7.15. The fraction of sp³-hybridized carbons (Fsp3) is 0.222. The summed E-state index contributed by atoms with van der Waals surface area (Å²) in [5.41, 5.74) is 0.773. The number of methoxy groups -OCH3 is 1. The first-order valence-electron chi connectivity index (χ1n) is 3.60. The molecule has 0 aromatic heterocycles. The van der Waals surface area contributed by atoms with Crippen LogP contribution in [0.1, 0.15) is 0 Å². The maximum Gasteiger partial charge on any atom is 0.213 e. The summed E-state index contributed by atoms with van der Waals surface area (Å²) in [4.78, 5) is 11.9. The zero-order valence-electron chi connectivity index (χ0n) is 7.15. The largest absolute Gasteiger partial charge is 0.495 e. The van der Waals surface area contributed by atoms with E-state index in [-0.39, 0.29) is 0 Å². The minimum Gasteiger partial charge on any atom is -0.495 e. The number of ether oxygens (including phenoxy) is 1. The van der Waals surface area contributed by atoms with Crippen LogP contribution in [0, 0.1) is 0 Å². The summed E-state index contributed by atoms with van der Waals surface area (Å²) in [6.07, 6.45) is 0.748. The van der Waals surface area contributed by atoms with E-state index in [1.165, 1.54) is 4.90 Å². The van der Waals surface area contributed by atoms with Gasteiger partial charge < -0.3 is 9.64 Å². The van der Waals surface area contributed by atoms with E-state index in [4.69, 9.17) is 4.74 Å². The van der Waals surface area contributed by atoms with E-state index in [2.05, 4.69) is 0 Å². The standard InChI is InChI=1S/C9H11NO2/c1-10(7-11)8-5-3-4-6-9(8)12-2/h3-7H,1-2H3. The van der Waals surface area contributed by atoms with Gasteiger partial charge >= 0.3 is 0 Å². The third-order valence-electron chi connectivity index (χ3n) is 1.62. The molecule has 0 atom stereocenters. The fourth-order valence-corrected chi connectivity index (χ4v) is 0.978. The number of para-hydroxylation sites is 2. The number of carbonyl (C=O) groups is 1. The highest BCUT2D eigenvalue weighted by molar-refractivity contribution is 5.77. The number of rotatable bonds is 3. The Bertz CT molecular complexity index is 273. The van der Waals surface area contributed by atoms with Gasteiger partial charge in [0.1, 0.15) is 5.75 Å². The quantitative estimate of drug-likeness (QED) is 0.631. The molecule has 0 radical (unpaired) electrons. The van der Waals surface area contributed by atoms with E-state index < -0.39 is 0 Å². The molecule has 0 aliphatic heterocycles. The number of benzene rings is 1. The maximum atomic E-state index is 10.4. The Morgan fingerprint density at radius 1 is 1.42 bits per heavy atom. The molecule has 0 bridgehead atoms. The van der Waals surface area contributed by atoms with Crippen molar-refractivity contribution >= 4 is 12.1 Å². The second-order valence-corrected chi connectivity index (χ2v) is 2.39. The highest BCUT2D eigenvalue weighted by atomic mass is 16.5. The number of anilines is 1. The summed E-state index contributed by atoms with van der Waals surface area (Å²) in [5.74, 6) is 0.701. The average molecular weight is 165 g/mol. The van der Waals surface area contributed by atoms with Gasteiger partial charge in [0.15, 0.2) is 0 Å². The minimum atomic E-state index is 0.701.